The van der Waals surface area contributed by atoms with E-state index < -0.39 is 17.1 Å². The Morgan fingerprint density at radius 2 is 2.11 bits per heavy atom. The van der Waals surface area contributed by atoms with Gasteiger partial charge in [-0.15, -0.1) is 0 Å². The fourth-order valence-corrected chi connectivity index (χ4v) is 1.60. The first-order valence-corrected chi connectivity index (χ1v) is 5.38. The molecule has 2 aromatic rings. The summed E-state index contributed by atoms with van der Waals surface area (Å²) < 4.78 is 14.4. The fourth-order valence-electron chi connectivity index (χ4n) is 1.48. The number of H-pyrrole nitrogens is 1. The number of nitrogens with two attached hydrogens (primary N) is 1. The lowest BCUT2D eigenvalue weighted by Crippen LogP contribution is -2.31. The SMILES string of the molecule is Nc1cn(Cc2ccc(Cl)c(F)c2)c(=O)[nH]c1=O. The molecule has 0 saturated heterocycles. The van der Waals surface area contributed by atoms with Crippen LogP contribution in [0.1, 0.15) is 5.56 Å². The van der Waals surface area contributed by atoms with E-state index in [0.717, 1.165) is 0 Å². The van der Waals surface area contributed by atoms with Crippen LogP contribution in [-0.4, -0.2) is 9.55 Å². The van der Waals surface area contributed by atoms with E-state index in [4.69, 9.17) is 17.3 Å². The van der Waals surface area contributed by atoms with E-state index >= 15 is 0 Å². The number of anilines is 1. The summed E-state index contributed by atoms with van der Waals surface area (Å²) in [5.74, 6) is -0.570. The van der Waals surface area contributed by atoms with Crippen molar-refractivity contribution >= 4 is 17.3 Å². The molecule has 94 valence electrons. The quantitative estimate of drug-likeness (QED) is 0.852. The zero-order valence-corrected chi connectivity index (χ0v) is 9.87. The summed E-state index contributed by atoms with van der Waals surface area (Å²) >= 11 is 5.55. The van der Waals surface area contributed by atoms with Crippen LogP contribution in [0.25, 0.3) is 0 Å². The van der Waals surface area contributed by atoms with Crippen LogP contribution in [0.2, 0.25) is 5.02 Å². The first-order valence-electron chi connectivity index (χ1n) is 5.00. The molecule has 18 heavy (non-hydrogen) atoms. The van der Waals surface area contributed by atoms with E-state index in [1.54, 1.807) is 6.07 Å². The minimum Gasteiger partial charge on any atom is -0.393 e. The molecule has 7 heteroatoms. The molecule has 0 unspecified atom stereocenters. The molecule has 1 aromatic carbocycles. The van der Waals surface area contributed by atoms with Gasteiger partial charge < -0.3 is 5.73 Å². The molecule has 0 atom stereocenters. The molecular formula is C11H9ClFN3O2. The Bertz CT molecular complexity index is 708. The number of nitrogen functional groups attached to an aromatic ring is 1. The Labute approximate surface area is 106 Å². The minimum atomic E-state index is -0.640. The highest BCUT2D eigenvalue weighted by Crippen LogP contribution is 2.15. The number of halogens is 2. The van der Waals surface area contributed by atoms with E-state index in [-0.39, 0.29) is 17.3 Å². The molecule has 0 fully saturated rings. The van der Waals surface area contributed by atoms with Gasteiger partial charge in [-0.25, -0.2) is 9.18 Å². The second-order valence-corrected chi connectivity index (χ2v) is 4.13. The van der Waals surface area contributed by atoms with Crippen molar-refractivity contribution in [3.8, 4) is 0 Å². The number of hydrogen-bond acceptors (Lipinski definition) is 3. The van der Waals surface area contributed by atoms with Crippen molar-refractivity contribution in [2.24, 2.45) is 0 Å². The van der Waals surface area contributed by atoms with Crippen molar-refractivity contribution in [1.29, 1.82) is 0 Å². The number of hydrogen-bond donors (Lipinski definition) is 2. The third kappa shape index (κ3) is 2.43. The van der Waals surface area contributed by atoms with Crippen molar-refractivity contribution in [2.45, 2.75) is 6.54 Å². The van der Waals surface area contributed by atoms with Gasteiger partial charge in [-0.3, -0.25) is 14.3 Å². The lowest BCUT2D eigenvalue weighted by Gasteiger charge is -2.06. The summed E-state index contributed by atoms with van der Waals surface area (Å²) in [5, 5.41) is 0.00656. The van der Waals surface area contributed by atoms with Crippen LogP contribution in [0.15, 0.2) is 34.0 Å². The highest BCUT2D eigenvalue weighted by molar-refractivity contribution is 6.30. The van der Waals surface area contributed by atoms with Crippen LogP contribution in [0, 0.1) is 5.82 Å². The normalized spacial score (nSPS) is 10.6. The van der Waals surface area contributed by atoms with Gasteiger partial charge in [0.05, 0.1) is 11.6 Å². The first-order chi connectivity index (χ1) is 8.47. The van der Waals surface area contributed by atoms with Crippen molar-refractivity contribution in [1.82, 2.24) is 9.55 Å². The van der Waals surface area contributed by atoms with E-state index in [1.165, 1.54) is 22.9 Å². The zero-order valence-electron chi connectivity index (χ0n) is 9.11. The van der Waals surface area contributed by atoms with Gasteiger partial charge in [-0.05, 0) is 17.7 Å². The molecule has 0 bridgehead atoms. The third-order valence-electron chi connectivity index (χ3n) is 2.38. The van der Waals surface area contributed by atoms with E-state index in [9.17, 15) is 14.0 Å². The predicted molar refractivity (Wildman–Crippen MR) is 66.2 cm³/mol. The fraction of sp³-hybridized carbons (Fsp3) is 0.0909. The van der Waals surface area contributed by atoms with Gasteiger partial charge in [0.25, 0.3) is 5.56 Å². The van der Waals surface area contributed by atoms with Crippen molar-refractivity contribution in [3.63, 3.8) is 0 Å². The van der Waals surface area contributed by atoms with Gasteiger partial charge in [0.1, 0.15) is 11.5 Å². The van der Waals surface area contributed by atoms with Gasteiger partial charge in [-0.1, -0.05) is 17.7 Å². The lowest BCUT2D eigenvalue weighted by atomic mass is 10.2. The standard InChI is InChI=1S/C11H9ClFN3O2/c12-7-2-1-6(3-8(7)13)4-16-5-9(14)10(17)15-11(16)18/h1-3,5H,4,14H2,(H,15,17,18). The Morgan fingerprint density at radius 1 is 1.39 bits per heavy atom. The van der Waals surface area contributed by atoms with Crippen molar-refractivity contribution in [2.75, 3.05) is 5.73 Å². The van der Waals surface area contributed by atoms with Gasteiger partial charge in [0, 0.05) is 6.20 Å². The van der Waals surface area contributed by atoms with Crippen molar-refractivity contribution < 1.29 is 4.39 Å². The molecule has 3 N–H and O–H groups in total. The monoisotopic (exact) mass is 269 g/mol. The molecule has 0 aliphatic rings. The third-order valence-corrected chi connectivity index (χ3v) is 2.68. The molecule has 0 radical (unpaired) electrons. The number of aromatic amines is 1. The predicted octanol–water partition coefficient (Wildman–Crippen LogP) is 0.960. The van der Waals surface area contributed by atoms with Crippen LogP contribution < -0.4 is 17.0 Å². The number of benzene rings is 1. The molecule has 0 aliphatic carbocycles. The Balaban J connectivity index is 2.40. The molecule has 1 heterocycles. The number of rotatable bonds is 2. The second kappa shape index (κ2) is 4.66. The molecule has 0 aliphatic heterocycles. The molecule has 1 aromatic heterocycles. The van der Waals surface area contributed by atoms with Crippen LogP contribution in [0.4, 0.5) is 10.1 Å². The molecule has 2 rings (SSSR count). The number of nitrogens with one attached hydrogen (secondary N) is 1. The summed E-state index contributed by atoms with van der Waals surface area (Å²) in [4.78, 5) is 24.6. The second-order valence-electron chi connectivity index (χ2n) is 3.72. The van der Waals surface area contributed by atoms with E-state index in [2.05, 4.69) is 4.98 Å². The minimum absolute atomic E-state index is 0.00656. The average molecular weight is 270 g/mol. The Hall–Kier alpha value is -2.08. The summed E-state index contributed by atoms with van der Waals surface area (Å²) in [6.45, 7) is 0.0912. The molecule has 5 nitrogen and oxygen atoms in total. The topological polar surface area (TPSA) is 80.9 Å². The first kappa shape index (κ1) is 12.4. The highest BCUT2D eigenvalue weighted by Gasteiger charge is 2.05. The summed E-state index contributed by atoms with van der Waals surface area (Å²) in [6.07, 6.45) is 1.22. The molecular weight excluding hydrogens is 261 g/mol. The number of nitrogens with zero attached hydrogens (tertiary/aromatic N) is 1. The number of aromatic nitrogens is 2. The van der Waals surface area contributed by atoms with Gasteiger partial charge >= 0.3 is 5.69 Å². The average Bonchev–Trinajstić information content (AvgIpc) is 2.31. The van der Waals surface area contributed by atoms with Crippen LogP contribution in [-0.2, 0) is 6.54 Å². The van der Waals surface area contributed by atoms with Gasteiger partial charge in [-0.2, -0.15) is 0 Å². The summed E-state index contributed by atoms with van der Waals surface area (Å²) in [5.41, 5.74) is 4.60. The summed E-state index contributed by atoms with van der Waals surface area (Å²) in [6, 6.07) is 4.20. The molecule has 0 saturated carbocycles. The van der Waals surface area contributed by atoms with Crippen LogP contribution in [0.3, 0.4) is 0 Å². The summed E-state index contributed by atoms with van der Waals surface area (Å²) in [7, 11) is 0. The van der Waals surface area contributed by atoms with Crippen LogP contribution in [0.5, 0.6) is 0 Å². The Kier molecular flexibility index (Phi) is 3.20. The molecule has 0 amide bonds. The largest absolute Gasteiger partial charge is 0.393 e. The van der Waals surface area contributed by atoms with Crippen LogP contribution >= 0.6 is 11.6 Å². The maximum Gasteiger partial charge on any atom is 0.328 e. The van der Waals surface area contributed by atoms with Gasteiger partial charge in [0.15, 0.2) is 0 Å². The lowest BCUT2D eigenvalue weighted by molar-refractivity contribution is 0.622. The maximum atomic E-state index is 13.2. The smallest absolute Gasteiger partial charge is 0.328 e. The maximum absolute atomic E-state index is 13.2. The van der Waals surface area contributed by atoms with Gasteiger partial charge in [0.2, 0.25) is 0 Å². The Morgan fingerprint density at radius 3 is 2.78 bits per heavy atom. The molecule has 0 spiro atoms. The van der Waals surface area contributed by atoms with E-state index in [0.29, 0.717) is 5.56 Å². The van der Waals surface area contributed by atoms with Crippen molar-refractivity contribution in [3.05, 3.63) is 61.6 Å². The van der Waals surface area contributed by atoms with E-state index in [1.807, 2.05) is 0 Å². The zero-order chi connectivity index (χ0) is 13.3. The highest BCUT2D eigenvalue weighted by atomic mass is 35.5.